The van der Waals surface area contributed by atoms with Crippen molar-refractivity contribution in [1.82, 2.24) is 15.2 Å². The number of nitrogens with one attached hydrogen (secondary N) is 1. The fourth-order valence-electron chi connectivity index (χ4n) is 3.74. The van der Waals surface area contributed by atoms with Gasteiger partial charge in [-0.1, -0.05) is 36.4 Å². The lowest BCUT2D eigenvalue weighted by atomic mass is 9.93. The molecule has 1 aromatic heterocycles. The summed E-state index contributed by atoms with van der Waals surface area (Å²) in [6.07, 6.45) is 4.89. The number of hydrogen-bond acceptors (Lipinski definition) is 4. The Morgan fingerprint density at radius 1 is 1.19 bits per heavy atom. The third-order valence-corrected chi connectivity index (χ3v) is 5.38. The van der Waals surface area contributed by atoms with E-state index in [2.05, 4.69) is 15.2 Å². The van der Waals surface area contributed by atoms with Crippen LogP contribution in [0.1, 0.15) is 24.1 Å². The molecule has 5 heteroatoms. The number of ether oxygens (including phenoxy) is 1. The van der Waals surface area contributed by atoms with Crippen LogP contribution in [0.2, 0.25) is 0 Å². The molecule has 1 amide bonds. The molecule has 0 unspecified atom stereocenters. The zero-order chi connectivity index (χ0) is 18.5. The first kappa shape index (κ1) is 18.1. The number of hydrogen-bond donors (Lipinski definition) is 1. The zero-order valence-electron chi connectivity index (χ0n) is 15.6. The highest BCUT2D eigenvalue weighted by molar-refractivity contribution is 5.86. The molecule has 4 rings (SSSR count). The Morgan fingerprint density at radius 2 is 2.00 bits per heavy atom. The van der Waals surface area contributed by atoms with Crippen LogP contribution in [-0.4, -0.2) is 47.6 Å². The number of aromatic nitrogens is 1. The Morgan fingerprint density at radius 3 is 2.74 bits per heavy atom. The molecular weight excluding hydrogens is 338 g/mol. The van der Waals surface area contributed by atoms with Crippen molar-refractivity contribution < 1.29 is 9.53 Å². The number of nitrogens with zero attached hydrogens (tertiary/aromatic N) is 2. The Bertz CT molecular complexity index is 749. The van der Waals surface area contributed by atoms with Crippen molar-refractivity contribution in [3.8, 4) is 0 Å². The number of rotatable bonds is 7. The molecule has 2 aromatic rings. The van der Waals surface area contributed by atoms with E-state index in [0.29, 0.717) is 26.1 Å². The van der Waals surface area contributed by atoms with Crippen molar-refractivity contribution >= 4 is 5.91 Å². The van der Waals surface area contributed by atoms with Crippen LogP contribution in [0.4, 0.5) is 0 Å². The third kappa shape index (κ3) is 4.73. The monoisotopic (exact) mass is 365 g/mol. The lowest BCUT2D eigenvalue weighted by Gasteiger charge is -2.41. The van der Waals surface area contributed by atoms with Crippen LogP contribution in [0.25, 0.3) is 0 Å². The minimum Gasteiger partial charge on any atom is -0.362 e. The number of carbonyl (C=O) groups excluding carboxylic acids is 1. The van der Waals surface area contributed by atoms with Gasteiger partial charge < -0.3 is 10.1 Å². The molecule has 1 saturated carbocycles. The number of benzene rings is 1. The van der Waals surface area contributed by atoms with Crippen LogP contribution in [0, 0.1) is 5.92 Å². The molecule has 2 heterocycles. The van der Waals surface area contributed by atoms with Gasteiger partial charge in [-0.15, -0.1) is 0 Å². The Balaban J connectivity index is 1.50. The Labute approximate surface area is 160 Å². The molecule has 1 saturated heterocycles. The maximum atomic E-state index is 13.3. The number of amides is 1. The van der Waals surface area contributed by atoms with E-state index in [1.807, 2.05) is 48.5 Å². The average Bonchev–Trinajstić information content (AvgIpc) is 3.52. The first-order chi connectivity index (χ1) is 13.2. The summed E-state index contributed by atoms with van der Waals surface area (Å²) in [6, 6.07) is 15.8. The summed E-state index contributed by atoms with van der Waals surface area (Å²) in [6.45, 7) is 3.68. The fraction of sp³-hybridized carbons (Fsp3) is 0.455. The summed E-state index contributed by atoms with van der Waals surface area (Å²) < 4.78 is 6.16. The van der Waals surface area contributed by atoms with E-state index in [4.69, 9.17) is 4.74 Å². The van der Waals surface area contributed by atoms with E-state index < -0.39 is 5.60 Å². The largest absolute Gasteiger partial charge is 0.362 e. The number of morpholine rings is 1. The summed E-state index contributed by atoms with van der Waals surface area (Å²) in [5, 5.41) is 3.10. The van der Waals surface area contributed by atoms with Crippen LogP contribution in [0.15, 0.2) is 54.7 Å². The second-order valence-corrected chi connectivity index (χ2v) is 7.69. The molecular formula is C22H27N3O2. The molecule has 1 aliphatic heterocycles. The average molecular weight is 365 g/mol. The number of carbonyl (C=O) groups is 1. The van der Waals surface area contributed by atoms with Crippen LogP contribution < -0.4 is 5.32 Å². The van der Waals surface area contributed by atoms with Crippen LogP contribution in [0.5, 0.6) is 0 Å². The smallest absolute Gasteiger partial charge is 0.254 e. The standard InChI is InChI=1S/C22H27N3O2/c26-21(24-15-18-6-2-1-3-7-18)22(14-20-8-4-5-11-23-20)17-25(12-13-27-22)16-19-9-10-19/h1-8,11,19H,9-10,12-17H2,(H,24,26)/t22-/m1/s1. The molecule has 1 atom stereocenters. The maximum Gasteiger partial charge on any atom is 0.254 e. The van der Waals surface area contributed by atoms with Gasteiger partial charge in [-0.05, 0) is 36.5 Å². The fourth-order valence-corrected chi connectivity index (χ4v) is 3.74. The molecule has 0 radical (unpaired) electrons. The molecule has 2 fully saturated rings. The SMILES string of the molecule is O=C(NCc1ccccc1)[C@@]1(Cc2ccccn2)CN(CC2CC2)CCO1. The van der Waals surface area contributed by atoms with E-state index >= 15 is 0 Å². The normalized spacial score (nSPS) is 23.1. The topological polar surface area (TPSA) is 54.5 Å². The molecule has 0 spiro atoms. The Hall–Kier alpha value is -2.24. The molecule has 142 valence electrons. The van der Waals surface area contributed by atoms with E-state index in [1.165, 1.54) is 12.8 Å². The lowest BCUT2D eigenvalue weighted by molar-refractivity contribution is -0.160. The van der Waals surface area contributed by atoms with Crippen molar-refractivity contribution in [1.29, 1.82) is 0 Å². The highest BCUT2D eigenvalue weighted by atomic mass is 16.5. The van der Waals surface area contributed by atoms with Gasteiger partial charge in [-0.2, -0.15) is 0 Å². The number of pyridine rings is 1. The van der Waals surface area contributed by atoms with Crippen LogP contribution in [-0.2, 0) is 22.5 Å². The molecule has 2 aliphatic rings. The van der Waals surface area contributed by atoms with Gasteiger partial charge in [0.25, 0.3) is 5.91 Å². The van der Waals surface area contributed by atoms with E-state index in [9.17, 15) is 4.79 Å². The van der Waals surface area contributed by atoms with Gasteiger partial charge >= 0.3 is 0 Å². The first-order valence-corrected chi connectivity index (χ1v) is 9.82. The van der Waals surface area contributed by atoms with Gasteiger partial charge in [-0.3, -0.25) is 14.7 Å². The maximum absolute atomic E-state index is 13.3. The highest BCUT2D eigenvalue weighted by Gasteiger charge is 2.44. The molecule has 1 N–H and O–H groups in total. The molecule has 1 aliphatic carbocycles. The van der Waals surface area contributed by atoms with Crippen LogP contribution in [0.3, 0.4) is 0 Å². The van der Waals surface area contributed by atoms with Crippen molar-refractivity contribution in [2.75, 3.05) is 26.2 Å². The highest BCUT2D eigenvalue weighted by Crippen LogP contribution is 2.32. The van der Waals surface area contributed by atoms with Gasteiger partial charge in [0.05, 0.1) is 6.61 Å². The summed E-state index contributed by atoms with van der Waals surface area (Å²) in [7, 11) is 0. The third-order valence-electron chi connectivity index (χ3n) is 5.38. The quantitative estimate of drug-likeness (QED) is 0.819. The van der Waals surface area contributed by atoms with E-state index in [0.717, 1.165) is 30.3 Å². The second-order valence-electron chi connectivity index (χ2n) is 7.69. The van der Waals surface area contributed by atoms with Gasteiger partial charge in [-0.25, -0.2) is 0 Å². The zero-order valence-corrected chi connectivity index (χ0v) is 15.6. The van der Waals surface area contributed by atoms with Gasteiger partial charge in [0.15, 0.2) is 5.60 Å². The van der Waals surface area contributed by atoms with Crippen LogP contribution >= 0.6 is 0 Å². The van der Waals surface area contributed by atoms with E-state index in [1.54, 1.807) is 6.20 Å². The molecule has 27 heavy (non-hydrogen) atoms. The van der Waals surface area contributed by atoms with Crippen molar-refractivity contribution in [3.63, 3.8) is 0 Å². The molecule has 5 nitrogen and oxygen atoms in total. The summed E-state index contributed by atoms with van der Waals surface area (Å²) in [5.41, 5.74) is 1.10. The predicted octanol–water partition coefficient (Wildman–Crippen LogP) is 2.42. The minimum absolute atomic E-state index is 0.0440. The van der Waals surface area contributed by atoms with Crippen molar-refractivity contribution in [2.45, 2.75) is 31.4 Å². The summed E-state index contributed by atoms with van der Waals surface area (Å²) in [4.78, 5) is 20.1. The second kappa shape index (κ2) is 8.19. The summed E-state index contributed by atoms with van der Waals surface area (Å²) >= 11 is 0. The lowest BCUT2D eigenvalue weighted by Crippen LogP contribution is -2.61. The van der Waals surface area contributed by atoms with Crippen molar-refractivity contribution in [3.05, 3.63) is 66.0 Å². The molecule has 1 aromatic carbocycles. The summed E-state index contributed by atoms with van der Waals surface area (Å²) in [5.74, 6) is 0.750. The van der Waals surface area contributed by atoms with Gasteiger partial charge in [0.1, 0.15) is 0 Å². The van der Waals surface area contributed by atoms with Crippen molar-refractivity contribution in [2.24, 2.45) is 5.92 Å². The van der Waals surface area contributed by atoms with E-state index in [-0.39, 0.29) is 5.91 Å². The van der Waals surface area contributed by atoms with Gasteiger partial charge in [0.2, 0.25) is 0 Å². The first-order valence-electron chi connectivity index (χ1n) is 9.82. The van der Waals surface area contributed by atoms with Gasteiger partial charge in [0, 0.05) is 44.5 Å². The predicted molar refractivity (Wildman–Crippen MR) is 104 cm³/mol. The minimum atomic E-state index is -0.879. The Kier molecular flexibility index (Phi) is 5.50. The molecule has 0 bridgehead atoms.